The van der Waals surface area contributed by atoms with Crippen LogP contribution < -0.4 is 0 Å². The summed E-state index contributed by atoms with van der Waals surface area (Å²) in [4.78, 5) is 14.3. The van der Waals surface area contributed by atoms with E-state index < -0.39 is 29.2 Å². The Morgan fingerprint density at radius 1 is 1.39 bits per heavy atom. The van der Waals surface area contributed by atoms with Crippen molar-refractivity contribution >= 4 is 5.97 Å². The molecule has 0 spiro atoms. The van der Waals surface area contributed by atoms with Gasteiger partial charge in [-0.1, -0.05) is 19.9 Å². The van der Waals surface area contributed by atoms with E-state index in [-0.39, 0.29) is 5.92 Å². The molecule has 0 saturated heterocycles. The van der Waals surface area contributed by atoms with Crippen LogP contribution in [0.3, 0.4) is 0 Å². The van der Waals surface area contributed by atoms with E-state index in [1.807, 2.05) is 0 Å². The van der Waals surface area contributed by atoms with Gasteiger partial charge in [0.15, 0.2) is 0 Å². The van der Waals surface area contributed by atoms with Crippen LogP contribution in [0.1, 0.15) is 31.0 Å². The standard InChI is InChI=1S/C12H12F3NO2/c1-11(2)8(9(11)10(17)18)6-3-4-7(16-5-6)12(13,14)15/h3-5,8-9H,1-2H3,(H,17,18). The van der Waals surface area contributed by atoms with Gasteiger partial charge in [0.05, 0.1) is 5.92 Å². The number of carbonyl (C=O) groups is 1. The van der Waals surface area contributed by atoms with E-state index in [4.69, 9.17) is 5.11 Å². The Hall–Kier alpha value is -1.59. The van der Waals surface area contributed by atoms with E-state index in [1.165, 1.54) is 6.07 Å². The lowest BCUT2D eigenvalue weighted by Gasteiger charge is -2.07. The van der Waals surface area contributed by atoms with Gasteiger partial charge in [0.1, 0.15) is 5.69 Å². The first kappa shape index (κ1) is 12.9. The molecule has 0 bridgehead atoms. The zero-order chi connectivity index (χ0) is 13.7. The van der Waals surface area contributed by atoms with Crippen LogP contribution in [0.5, 0.6) is 0 Å². The molecule has 0 aliphatic heterocycles. The van der Waals surface area contributed by atoms with Crippen molar-refractivity contribution in [2.45, 2.75) is 25.9 Å². The molecule has 6 heteroatoms. The predicted molar refractivity (Wildman–Crippen MR) is 56.9 cm³/mol. The molecule has 2 atom stereocenters. The Labute approximate surface area is 102 Å². The topological polar surface area (TPSA) is 50.2 Å². The van der Waals surface area contributed by atoms with E-state index in [1.54, 1.807) is 13.8 Å². The lowest BCUT2D eigenvalue weighted by atomic mass is 10.0. The van der Waals surface area contributed by atoms with Crippen LogP contribution in [0.25, 0.3) is 0 Å². The quantitative estimate of drug-likeness (QED) is 0.888. The summed E-state index contributed by atoms with van der Waals surface area (Å²) in [7, 11) is 0. The van der Waals surface area contributed by atoms with Crippen LogP contribution in [-0.4, -0.2) is 16.1 Å². The second-order valence-electron chi connectivity index (χ2n) is 5.09. The van der Waals surface area contributed by atoms with Gasteiger partial charge in [0.2, 0.25) is 0 Å². The zero-order valence-corrected chi connectivity index (χ0v) is 9.82. The summed E-state index contributed by atoms with van der Waals surface area (Å²) in [6.45, 7) is 3.57. The molecule has 0 aromatic carbocycles. The normalized spacial score (nSPS) is 25.8. The maximum atomic E-state index is 12.3. The summed E-state index contributed by atoms with van der Waals surface area (Å²) >= 11 is 0. The minimum atomic E-state index is -4.47. The highest BCUT2D eigenvalue weighted by Crippen LogP contribution is 2.64. The number of halogens is 3. The number of aromatic nitrogens is 1. The molecule has 1 saturated carbocycles. The molecule has 1 N–H and O–H groups in total. The number of aliphatic carboxylic acids is 1. The molecule has 1 heterocycles. The highest BCUT2D eigenvalue weighted by Gasteiger charge is 2.62. The van der Waals surface area contributed by atoms with Crippen LogP contribution >= 0.6 is 0 Å². The molecule has 1 fully saturated rings. The SMILES string of the molecule is CC1(C)C(C(=O)O)C1c1ccc(C(F)(F)F)nc1. The van der Waals surface area contributed by atoms with Gasteiger partial charge in [-0.15, -0.1) is 0 Å². The fourth-order valence-electron chi connectivity index (χ4n) is 2.48. The summed E-state index contributed by atoms with van der Waals surface area (Å²) in [5.74, 6) is -1.76. The van der Waals surface area contributed by atoms with Gasteiger partial charge in [-0.2, -0.15) is 13.2 Å². The van der Waals surface area contributed by atoms with Gasteiger partial charge in [-0.05, 0) is 17.0 Å². The molecule has 1 aromatic rings. The fourth-order valence-corrected chi connectivity index (χ4v) is 2.48. The summed E-state index contributed by atoms with van der Waals surface area (Å²) in [5, 5.41) is 9.00. The molecule has 98 valence electrons. The average Bonchev–Trinajstić information content (AvgIpc) is 2.80. The highest BCUT2D eigenvalue weighted by atomic mass is 19.4. The molecule has 2 unspecified atom stereocenters. The average molecular weight is 259 g/mol. The first-order valence-corrected chi connectivity index (χ1v) is 5.41. The minimum absolute atomic E-state index is 0.273. The monoisotopic (exact) mass is 259 g/mol. The Kier molecular flexibility index (Phi) is 2.64. The van der Waals surface area contributed by atoms with Crippen molar-refractivity contribution in [2.75, 3.05) is 0 Å². The van der Waals surface area contributed by atoms with Gasteiger partial charge in [-0.25, -0.2) is 0 Å². The third kappa shape index (κ3) is 1.95. The maximum absolute atomic E-state index is 12.3. The van der Waals surface area contributed by atoms with E-state index in [0.717, 1.165) is 12.3 Å². The number of carboxylic acids is 1. The summed E-state index contributed by atoms with van der Waals surface area (Å²) in [6, 6.07) is 2.20. The Balaban J connectivity index is 2.25. The maximum Gasteiger partial charge on any atom is 0.433 e. The number of rotatable bonds is 2. The fraction of sp³-hybridized carbons (Fsp3) is 0.500. The van der Waals surface area contributed by atoms with Crippen LogP contribution in [0, 0.1) is 11.3 Å². The summed E-state index contributed by atoms with van der Waals surface area (Å²) < 4.78 is 37.0. The molecule has 2 rings (SSSR count). The molecule has 1 aliphatic rings. The second-order valence-corrected chi connectivity index (χ2v) is 5.09. The molecule has 1 aromatic heterocycles. The molecule has 1 aliphatic carbocycles. The molecule has 0 radical (unpaired) electrons. The first-order valence-electron chi connectivity index (χ1n) is 5.41. The number of pyridine rings is 1. The van der Waals surface area contributed by atoms with Crippen molar-refractivity contribution in [1.29, 1.82) is 0 Å². The number of alkyl halides is 3. The molecular formula is C12H12F3NO2. The van der Waals surface area contributed by atoms with Crippen molar-refractivity contribution in [3.05, 3.63) is 29.6 Å². The summed E-state index contributed by atoms with van der Waals surface area (Å²) in [6.07, 6.45) is -3.35. The van der Waals surface area contributed by atoms with Crippen LogP contribution in [0.4, 0.5) is 13.2 Å². The second kappa shape index (κ2) is 3.70. The van der Waals surface area contributed by atoms with Gasteiger partial charge < -0.3 is 5.11 Å². The van der Waals surface area contributed by atoms with Crippen molar-refractivity contribution in [3.8, 4) is 0 Å². The minimum Gasteiger partial charge on any atom is -0.481 e. The number of carboxylic acid groups (broad SMARTS) is 1. The van der Waals surface area contributed by atoms with Gasteiger partial charge in [0.25, 0.3) is 0 Å². The van der Waals surface area contributed by atoms with E-state index in [9.17, 15) is 18.0 Å². The molecule has 0 amide bonds. The Morgan fingerprint density at radius 2 is 2.00 bits per heavy atom. The number of hydrogen-bond acceptors (Lipinski definition) is 2. The molecular weight excluding hydrogens is 247 g/mol. The van der Waals surface area contributed by atoms with E-state index >= 15 is 0 Å². The van der Waals surface area contributed by atoms with Gasteiger partial charge in [0, 0.05) is 12.1 Å². The van der Waals surface area contributed by atoms with Gasteiger partial charge >= 0.3 is 12.1 Å². The predicted octanol–water partition coefficient (Wildman–Crippen LogP) is 2.92. The molecule has 18 heavy (non-hydrogen) atoms. The van der Waals surface area contributed by atoms with Crippen molar-refractivity contribution < 1.29 is 23.1 Å². The summed E-state index contributed by atoms with van der Waals surface area (Å²) in [5.41, 5.74) is -0.857. The first-order chi connectivity index (χ1) is 8.15. The lowest BCUT2D eigenvalue weighted by Crippen LogP contribution is -2.07. The lowest BCUT2D eigenvalue weighted by molar-refractivity contribution is -0.141. The highest BCUT2D eigenvalue weighted by molar-refractivity contribution is 5.77. The third-order valence-corrected chi connectivity index (χ3v) is 3.53. The van der Waals surface area contributed by atoms with Crippen LogP contribution in [-0.2, 0) is 11.0 Å². The number of nitrogens with zero attached hydrogens (tertiary/aromatic N) is 1. The van der Waals surface area contributed by atoms with Crippen LogP contribution in [0.15, 0.2) is 18.3 Å². The van der Waals surface area contributed by atoms with Crippen molar-refractivity contribution in [2.24, 2.45) is 11.3 Å². The van der Waals surface area contributed by atoms with Crippen LogP contribution in [0.2, 0.25) is 0 Å². The largest absolute Gasteiger partial charge is 0.481 e. The zero-order valence-electron chi connectivity index (χ0n) is 9.82. The van der Waals surface area contributed by atoms with Gasteiger partial charge in [-0.3, -0.25) is 9.78 Å². The van der Waals surface area contributed by atoms with E-state index in [0.29, 0.717) is 5.56 Å². The van der Waals surface area contributed by atoms with E-state index in [2.05, 4.69) is 4.98 Å². The smallest absolute Gasteiger partial charge is 0.433 e. The van der Waals surface area contributed by atoms with Crippen molar-refractivity contribution in [3.63, 3.8) is 0 Å². The van der Waals surface area contributed by atoms with Crippen molar-refractivity contribution in [1.82, 2.24) is 4.98 Å². The molecule has 3 nitrogen and oxygen atoms in total. The Bertz CT molecular complexity index is 479. The number of hydrogen-bond donors (Lipinski definition) is 1. The Morgan fingerprint density at radius 3 is 2.33 bits per heavy atom. The third-order valence-electron chi connectivity index (χ3n) is 3.53.